The lowest BCUT2D eigenvalue weighted by atomic mass is 10.1. The van der Waals surface area contributed by atoms with E-state index >= 15 is 0 Å². The number of rotatable bonds is 5. The number of nitrogens with zero attached hydrogens (tertiary/aromatic N) is 2. The minimum atomic E-state index is -0.305. The fourth-order valence-corrected chi connectivity index (χ4v) is 3.56. The first-order valence-electron chi connectivity index (χ1n) is 9.34. The van der Waals surface area contributed by atoms with Crippen LogP contribution in [0, 0.1) is 5.82 Å². The van der Waals surface area contributed by atoms with Gasteiger partial charge in [0.15, 0.2) is 0 Å². The number of piperidine rings is 1. The van der Waals surface area contributed by atoms with Crippen LogP contribution in [0.2, 0.25) is 0 Å². The molecule has 140 valence electrons. The molecule has 2 aromatic carbocycles. The van der Waals surface area contributed by atoms with Gasteiger partial charge in [-0.3, -0.25) is 9.88 Å². The van der Waals surface area contributed by atoms with E-state index in [1.807, 2.05) is 36.4 Å². The third-order valence-electron chi connectivity index (χ3n) is 4.89. The van der Waals surface area contributed by atoms with Crippen molar-refractivity contribution >= 4 is 10.9 Å². The Bertz CT molecular complexity index is 917. The Kier molecular flexibility index (Phi) is 5.32. The molecule has 1 aliphatic rings. The molecule has 27 heavy (non-hydrogen) atoms. The summed E-state index contributed by atoms with van der Waals surface area (Å²) >= 11 is 0. The zero-order valence-electron chi connectivity index (χ0n) is 15.1. The first kappa shape index (κ1) is 17.9. The van der Waals surface area contributed by atoms with E-state index in [-0.39, 0.29) is 11.9 Å². The van der Waals surface area contributed by atoms with E-state index in [2.05, 4.69) is 9.88 Å². The maximum absolute atomic E-state index is 13.8. The summed E-state index contributed by atoms with van der Waals surface area (Å²) in [6, 6.07) is 16.4. The van der Waals surface area contributed by atoms with Gasteiger partial charge in [-0.2, -0.15) is 0 Å². The Balaban J connectivity index is 1.61. The molecule has 0 radical (unpaired) electrons. The number of pyridine rings is 1. The van der Waals surface area contributed by atoms with Crippen LogP contribution in [0.5, 0.6) is 5.75 Å². The lowest BCUT2D eigenvalue weighted by Crippen LogP contribution is -2.37. The van der Waals surface area contributed by atoms with Gasteiger partial charge in [0.05, 0.1) is 17.3 Å². The fourth-order valence-electron chi connectivity index (χ4n) is 3.56. The highest BCUT2D eigenvalue weighted by Crippen LogP contribution is 2.28. The normalized spacial score (nSPS) is 17.9. The molecule has 1 N–H and O–H groups in total. The predicted octanol–water partition coefficient (Wildman–Crippen LogP) is 3.91. The number of β-amino-alcohol motifs (C(OH)–C–C–N with tert-alkyl or cyclic N) is 1. The van der Waals surface area contributed by atoms with E-state index in [1.54, 1.807) is 6.07 Å². The molecular formula is C22H23FN2O2. The number of likely N-dealkylation sites (tertiary alicyclic amines) is 1. The Morgan fingerprint density at radius 2 is 2.00 bits per heavy atom. The van der Waals surface area contributed by atoms with Gasteiger partial charge in [0.25, 0.3) is 0 Å². The number of aliphatic hydroxyl groups excluding tert-OH is 1. The average Bonchev–Trinajstić information content (AvgIpc) is 2.67. The summed E-state index contributed by atoms with van der Waals surface area (Å²) < 4.78 is 19.8. The van der Waals surface area contributed by atoms with Crippen LogP contribution in [0.1, 0.15) is 24.1 Å². The SMILES string of the molecule is OC1CCCN(Cc2cc(OCc3ccccc3)c3cc(F)ccc3n2)C1. The number of fused-ring (bicyclic) bond motifs is 1. The van der Waals surface area contributed by atoms with Crippen LogP contribution in [0.3, 0.4) is 0 Å². The zero-order valence-corrected chi connectivity index (χ0v) is 15.1. The van der Waals surface area contributed by atoms with Gasteiger partial charge in [0.1, 0.15) is 18.2 Å². The zero-order chi connectivity index (χ0) is 18.6. The summed E-state index contributed by atoms with van der Waals surface area (Å²) in [5.74, 6) is 0.330. The molecule has 4 rings (SSSR count). The number of hydrogen-bond acceptors (Lipinski definition) is 4. The van der Waals surface area contributed by atoms with Gasteiger partial charge >= 0.3 is 0 Å². The molecule has 0 aliphatic carbocycles. The van der Waals surface area contributed by atoms with Crippen molar-refractivity contribution in [1.82, 2.24) is 9.88 Å². The molecule has 1 saturated heterocycles. The molecular weight excluding hydrogens is 343 g/mol. The van der Waals surface area contributed by atoms with Crippen molar-refractivity contribution in [1.29, 1.82) is 0 Å². The summed E-state index contributed by atoms with van der Waals surface area (Å²) in [5, 5.41) is 10.6. The Morgan fingerprint density at radius 3 is 2.81 bits per heavy atom. The van der Waals surface area contributed by atoms with Crippen LogP contribution < -0.4 is 4.74 Å². The lowest BCUT2D eigenvalue weighted by molar-refractivity contribution is 0.0662. The maximum Gasteiger partial charge on any atom is 0.131 e. The van der Waals surface area contributed by atoms with Gasteiger partial charge in [-0.05, 0) is 43.1 Å². The second-order valence-corrected chi connectivity index (χ2v) is 7.08. The van der Waals surface area contributed by atoms with Crippen molar-refractivity contribution in [2.75, 3.05) is 13.1 Å². The Hall–Kier alpha value is -2.50. The summed E-state index contributed by atoms with van der Waals surface area (Å²) in [4.78, 5) is 6.88. The summed E-state index contributed by atoms with van der Waals surface area (Å²) in [6.45, 7) is 2.66. The molecule has 2 heterocycles. The van der Waals surface area contributed by atoms with E-state index in [9.17, 15) is 9.50 Å². The first-order valence-corrected chi connectivity index (χ1v) is 9.34. The van der Waals surface area contributed by atoms with Crippen molar-refractivity contribution in [3.63, 3.8) is 0 Å². The van der Waals surface area contributed by atoms with E-state index in [0.717, 1.165) is 36.2 Å². The van der Waals surface area contributed by atoms with Gasteiger partial charge in [-0.25, -0.2) is 4.39 Å². The quantitative estimate of drug-likeness (QED) is 0.744. The largest absolute Gasteiger partial charge is 0.488 e. The van der Waals surface area contributed by atoms with Crippen LogP contribution in [0.4, 0.5) is 4.39 Å². The van der Waals surface area contributed by atoms with E-state index in [4.69, 9.17) is 4.74 Å². The minimum absolute atomic E-state index is 0.276. The van der Waals surface area contributed by atoms with Crippen LogP contribution in [0.25, 0.3) is 10.9 Å². The van der Waals surface area contributed by atoms with Crippen molar-refractivity contribution < 1.29 is 14.2 Å². The topological polar surface area (TPSA) is 45.6 Å². The molecule has 0 bridgehead atoms. The van der Waals surface area contributed by atoms with Gasteiger partial charge in [0.2, 0.25) is 0 Å². The predicted molar refractivity (Wildman–Crippen MR) is 103 cm³/mol. The van der Waals surface area contributed by atoms with E-state index in [0.29, 0.717) is 30.8 Å². The first-order chi connectivity index (χ1) is 13.2. The molecule has 1 aliphatic heterocycles. The van der Waals surface area contributed by atoms with Crippen LogP contribution >= 0.6 is 0 Å². The second kappa shape index (κ2) is 8.03. The Labute approximate surface area is 158 Å². The molecule has 4 nitrogen and oxygen atoms in total. The van der Waals surface area contributed by atoms with Crippen LogP contribution in [0.15, 0.2) is 54.6 Å². The molecule has 0 amide bonds. The number of halogens is 1. The molecule has 1 atom stereocenters. The maximum atomic E-state index is 13.8. The van der Waals surface area contributed by atoms with Crippen molar-refractivity contribution in [2.24, 2.45) is 0 Å². The summed E-state index contributed by atoms with van der Waals surface area (Å²) in [7, 11) is 0. The summed E-state index contributed by atoms with van der Waals surface area (Å²) in [5.41, 5.74) is 2.64. The molecule has 1 unspecified atom stereocenters. The molecule has 5 heteroatoms. The highest BCUT2D eigenvalue weighted by Gasteiger charge is 2.19. The standard InChI is InChI=1S/C22H23FN2O2/c23-17-8-9-21-20(11-17)22(27-15-16-5-2-1-3-6-16)12-18(24-21)13-25-10-4-7-19(26)14-25/h1-3,5-6,8-9,11-12,19,26H,4,7,10,13-15H2. The third kappa shape index (κ3) is 4.43. The highest BCUT2D eigenvalue weighted by atomic mass is 19.1. The van der Waals surface area contributed by atoms with Gasteiger partial charge in [0, 0.05) is 24.5 Å². The number of aromatic nitrogens is 1. The van der Waals surface area contributed by atoms with E-state index in [1.165, 1.54) is 12.1 Å². The van der Waals surface area contributed by atoms with Crippen molar-refractivity contribution in [2.45, 2.75) is 32.1 Å². The number of ether oxygens (including phenoxy) is 1. The fraction of sp³-hybridized carbons (Fsp3) is 0.318. The Morgan fingerprint density at radius 1 is 1.15 bits per heavy atom. The lowest BCUT2D eigenvalue weighted by Gasteiger charge is -2.29. The summed E-state index contributed by atoms with van der Waals surface area (Å²) in [6.07, 6.45) is 1.56. The molecule has 1 aromatic heterocycles. The molecule has 0 saturated carbocycles. The van der Waals surface area contributed by atoms with Crippen LogP contribution in [-0.2, 0) is 13.2 Å². The smallest absolute Gasteiger partial charge is 0.131 e. The van der Waals surface area contributed by atoms with Gasteiger partial charge < -0.3 is 9.84 Å². The van der Waals surface area contributed by atoms with Crippen LogP contribution in [-0.4, -0.2) is 34.2 Å². The molecule has 3 aromatic rings. The van der Waals surface area contributed by atoms with Crippen molar-refractivity contribution in [3.05, 3.63) is 71.7 Å². The average molecular weight is 366 g/mol. The van der Waals surface area contributed by atoms with Gasteiger partial charge in [-0.15, -0.1) is 0 Å². The molecule has 0 spiro atoms. The monoisotopic (exact) mass is 366 g/mol. The molecule has 1 fully saturated rings. The third-order valence-corrected chi connectivity index (χ3v) is 4.89. The second-order valence-electron chi connectivity index (χ2n) is 7.08. The highest BCUT2D eigenvalue weighted by molar-refractivity contribution is 5.85. The number of benzene rings is 2. The van der Waals surface area contributed by atoms with Gasteiger partial charge in [-0.1, -0.05) is 30.3 Å². The van der Waals surface area contributed by atoms with Crippen molar-refractivity contribution in [3.8, 4) is 5.75 Å². The van der Waals surface area contributed by atoms with E-state index < -0.39 is 0 Å². The minimum Gasteiger partial charge on any atom is -0.488 e. The number of hydrogen-bond donors (Lipinski definition) is 1. The number of aliphatic hydroxyl groups is 1.